The largest absolute Gasteiger partial charge is 0.487 e. The van der Waals surface area contributed by atoms with Crippen molar-refractivity contribution < 1.29 is 62.0 Å². The molecule has 21 heavy (non-hydrogen) atoms. The Morgan fingerprint density at radius 2 is 1.62 bits per heavy atom. The number of carbonyl (C=O) groups excluding carboxylic acids is 2. The van der Waals surface area contributed by atoms with Crippen molar-refractivity contribution in [3.63, 3.8) is 0 Å². The molecule has 1 radical (unpaired) electrons. The van der Waals surface area contributed by atoms with Crippen molar-refractivity contribution in [1.82, 2.24) is 0 Å². The summed E-state index contributed by atoms with van der Waals surface area (Å²) in [5.74, 6) is -1.26. The Hall–Kier alpha value is -0.556. The fraction of sp³-hybridized carbons (Fsp3) is 0.571. The smallest absolute Gasteiger partial charge is 0.333 e. The molecule has 0 aliphatic rings. The summed E-state index contributed by atoms with van der Waals surface area (Å²) in [6.45, 7) is 7.80. The van der Waals surface area contributed by atoms with Gasteiger partial charge in [0.1, 0.15) is 19.2 Å². The summed E-state index contributed by atoms with van der Waals surface area (Å²) in [6.07, 6.45) is 1.63. The van der Waals surface area contributed by atoms with Crippen molar-refractivity contribution in [3.8, 4) is 0 Å². The van der Waals surface area contributed by atoms with Gasteiger partial charge in [0.2, 0.25) is 0 Å². The molecule has 0 aliphatic carbocycles. The molecule has 117 valence electrons. The van der Waals surface area contributed by atoms with Gasteiger partial charge in [0.25, 0.3) is 0 Å². The maximum absolute atomic E-state index is 11.1. The predicted octanol–water partition coefficient (Wildman–Crippen LogP) is 0.528. The van der Waals surface area contributed by atoms with Crippen LogP contribution in [0.1, 0.15) is 26.2 Å². The zero-order valence-corrected chi connectivity index (χ0v) is 15.0. The Labute approximate surface area is 150 Å². The van der Waals surface area contributed by atoms with Crippen LogP contribution in [0.25, 0.3) is 0 Å². The van der Waals surface area contributed by atoms with E-state index in [9.17, 15) is 19.8 Å². The van der Waals surface area contributed by atoms with E-state index in [4.69, 9.17) is 4.74 Å². The quantitative estimate of drug-likeness (QED) is 0.329. The summed E-state index contributed by atoms with van der Waals surface area (Å²) in [5, 5.41) is 19.1. The van der Waals surface area contributed by atoms with E-state index in [-0.39, 0.29) is 51.5 Å². The fourth-order valence-corrected chi connectivity index (χ4v) is 1.27. The van der Waals surface area contributed by atoms with Gasteiger partial charge in [-0.1, -0.05) is 6.58 Å². The minimum atomic E-state index is -0.808. The molecule has 0 heterocycles. The molecule has 0 aromatic heterocycles. The van der Waals surface area contributed by atoms with E-state index in [1.54, 1.807) is 0 Å². The van der Waals surface area contributed by atoms with E-state index in [0.717, 1.165) is 0 Å². The number of ether oxygens (including phenoxy) is 2. The first-order chi connectivity index (χ1) is 9.36. The summed E-state index contributed by atoms with van der Waals surface area (Å²) >= 11 is 0. The van der Waals surface area contributed by atoms with Crippen molar-refractivity contribution in [2.75, 3.05) is 13.2 Å². The van der Waals surface area contributed by atoms with Crippen molar-refractivity contribution in [3.05, 3.63) is 24.8 Å². The monoisotopic (exact) mass is 374 g/mol. The molecule has 0 aromatic carbocycles. The molecular weight excluding hydrogens is 353 g/mol. The van der Waals surface area contributed by atoms with Gasteiger partial charge in [-0.25, -0.2) is 4.79 Å². The third-order valence-electron chi connectivity index (χ3n) is 2.38. The van der Waals surface area contributed by atoms with Crippen molar-refractivity contribution in [2.24, 2.45) is 0 Å². The van der Waals surface area contributed by atoms with Crippen LogP contribution in [-0.2, 0) is 51.8 Å². The summed E-state index contributed by atoms with van der Waals surface area (Å²) in [4.78, 5) is 21.8. The first kappa shape index (κ1) is 22.7. The van der Waals surface area contributed by atoms with E-state index in [0.29, 0.717) is 19.3 Å². The minimum absolute atomic E-state index is 0. The zero-order valence-electron chi connectivity index (χ0n) is 12.2. The molecule has 0 bridgehead atoms. The van der Waals surface area contributed by atoms with E-state index in [1.807, 2.05) is 6.08 Å². The van der Waals surface area contributed by atoms with Crippen molar-refractivity contribution >= 4 is 11.9 Å². The maximum Gasteiger partial charge on any atom is 0.333 e. The number of aliphatic hydroxyl groups excluding tert-OH is 2. The summed E-state index contributed by atoms with van der Waals surface area (Å²) in [6, 6.07) is 0. The summed E-state index contributed by atoms with van der Waals surface area (Å²) in [5.41, 5.74) is 0.272. The van der Waals surface area contributed by atoms with Gasteiger partial charge in [0.05, 0.1) is 12.2 Å². The fourth-order valence-electron chi connectivity index (χ4n) is 1.27. The standard InChI is InChI=1S/C14H21O6.Y/c1-4-13(17)19-8-11(15)6-5-7-12(16)9-20-14(18)10(2)3;/h11-12,15-16H,1-2,5-9H2,3H3;/q-1;. The molecule has 0 aromatic rings. The Morgan fingerprint density at radius 1 is 1.14 bits per heavy atom. The second kappa shape index (κ2) is 13.1. The van der Waals surface area contributed by atoms with E-state index in [2.05, 4.69) is 17.9 Å². The molecule has 2 N–H and O–H groups in total. The molecule has 0 amide bonds. The Balaban J connectivity index is 0. The van der Waals surface area contributed by atoms with Gasteiger partial charge in [-0.05, 0) is 26.2 Å². The van der Waals surface area contributed by atoms with Gasteiger partial charge < -0.3 is 25.8 Å². The third kappa shape index (κ3) is 12.9. The SMILES string of the molecule is C=[C-]C(=O)OCC(O)CCCC(O)COC(=O)C(=C)C.[Y]. The maximum atomic E-state index is 11.1. The van der Waals surface area contributed by atoms with Gasteiger partial charge in [-0.2, -0.15) is 0 Å². The third-order valence-corrected chi connectivity index (χ3v) is 2.38. The number of esters is 2. The van der Waals surface area contributed by atoms with Gasteiger partial charge in [-0.15, -0.1) is 0 Å². The van der Waals surface area contributed by atoms with Crippen LogP contribution in [0.15, 0.2) is 18.7 Å². The molecule has 0 rings (SSSR count). The molecule has 0 saturated heterocycles. The van der Waals surface area contributed by atoms with Crippen LogP contribution in [0.5, 0.6) is 0 Å². The predicted molar refractivity (Wildman–Crippen MR) is 71.5 cm³/mol. The molecule has 0 fully saturated rings. The number of aliphatic hydroxyl groups is 2. The van der Waals surface area contributed by atoms with Crippen LogP contribution in [0.2, 0.25) is 0 Å². The van der Waals surface area contributed by atoms with E-state index in [1.165, 1.54) is 6.92 Å². The second-order valence-electron chi connectivity index (χ2n) is 4.39. The Kier molecular flexibility index (Phi) is 14.2. The number of carbonyl (C=O) groups is 2. The molecule has 0 aliphatic heterocycles. The minimum Gasteiger partial charge on any atom is -0.487 e. The first-order valence-electron chi connectivity index (χ1n) is 6.25. The van der Waals surface area contributed by atoms with Gasteiger partial charge in [0, 0.05) is 38.3 Å². The molecule has 2 atom stereocenters. The Bertz CT molecular complexity index is 355. The number of hydrogen-bond acceptors (Lipinski definition) is 6. The summed E-state index contributed by atoms with van der Waals surface area (Å²) < 4.78 is 9.39. The molecule has 0 saturated carbocycles. The molecule has 2 unspecified atom stereocenters. The van der Waals surface area contributed by atoms with E-state index < -0.39 is 24.1 Å². The van der Waals surface area contributed by atoms with Crippen LogP contribution in [0.4, 0.5) is 0 Å². The van der Waals surface area contributed by atoms with Gasteiger partial charge in [-0.3, -0.25) is 11.4 Å². The topological polar surface area (TPSA) is 93.1 Å². The van der Waals surface area contributed by atoms with Crippen molar-refractivity contribution in [2.45, 2.75) is 38.4 Å². The molecular formula is C14H21O6Y-. The van der Waals surface area contributed by atoms with Crippen LogP contribution in [0.3, 0.4) is 0 Å². The van der Waals surface area contributed by atoms with Crippen LogP contribution >= 0.6 is 0 Å². The molecule has 7 heteroatoms. The van der Waals surface area contributed by atoms with Crippen LogP contribution < -0.4 is 0 Å². The van der Waals surface area contributed by atoms with E-state index >= 15 is 0 Å². The van der Waals surface area contributed by atoms with Crippen LogP contribution in [-0.4, -0.2) is 47.6 Å². The average molecular weight is 374 g/mol. The second-order valence-corrected chi connectivity index (χ2v) is 4.39. The average Bonchev–Trinajstić information content (AvgIpc) is 2.41. The number of hydrogen-bond donors (Lipinski definition) is 2. The first-order valence-corrected chi connectivity index (χ1v) is 6.25. The van der Waals surface area contributed by atoms with Gasteiger partial charge >= 0.3 is 5.97 Å². The van der Waals surface area contributed by atoms with Crippen molar-refractivity contribution in [1.29, 1.82) is 0 Å². The normalized spacial score (nSPS) is 12.5. The summed E-state index contributed by atoms with van der Waals surface area (Å²) in [7, 11) is 0. The molecule has 6 nitrogen and oxygen atoms in total. The molecule has 0 spiro atoms. The Morgan fingerprint density at radius 3 is 2.05 bits per heavy atom. The number of rotatable bonds is 10. The van der Waals surface area contributed by atoms with Crippen LogP contribution in [0, 0.1) is 6.08 Å². The zero-order chi connectivity index (χ0) is 15.5. The van der Waals surface area contributed by atoms with Gasteiger partial charge in [0.15, 0.2) is 0 Å².